The molecule has 3 N–H and O–H groups in total. The average molecular weight is 444 g/mol. The van der Waals surface area contributed by atoms with Crippen molar-refractivity contribution in [3.05, 3.63) is 98.5 Å². The van der Waals surface area contributed by atoms with E-state index < -0.39 is 11.2 Å². The number of methoxy groups -OCH3 is 1. The van der Waals surface area contributed by atoms with Gasteiger partial charge in [-0.25, -0.2) is 4.79 Å². The molecule has 4 rings (SSSR count). The maximum absolute atomic E-state index is 12.9. The van der Waals surface area contributed by atoms with Gasteiger partial charge in [0.15, 0.2) is 0 Å². The van der Waals surface area contributed by atoms with Crippen LogP contribution in [0, 0.1) is 11.3 Å². The van der Waals surface area contributed by atoms with Gasteiger partial charge in [-0.2, -0.15) is 5.26 Å². The van der Waals surface area contributed by atoms with Crippen LogP contribution in [0.5, 0.6) is 0 Å². The minimum Gasteiger partial charge on any atom is -0.383 e. The Morgan fingerprint density at radius 1 is 1.15 bits per heavy atom. The van der Waals surface area contributed by atoms with Gasteiger partial charge in [0, 0.05) is 38.2 Å². The Labute approximate surface area is 189 Å². The lowest BCUT2D eigenvalue weighted by molar-refractivity contribution is 0.205. The van der Waals surface area contributed by atoms with E-state index in [-0.39, 0.29) is 24.6 Å². The number of nitrogens with two attached hydrogens (primary N) is 1. The molecule has 0 radical (unpaired) electrons. The van der Waals surface area contributed by atoms with E-state index in [2.05, 4.69) is 11.1 Å². The number of nitrogens with one attached hydrogen (secondary N) is 1. The first-order valence-corrected chi connectivity index (χ1v) is 10.4. The normalized spacial score (nSPS) is 10.9. The maximum Gasteiger partial charge on any atom is 0.330 e. The van der Waals surface area contributed by atoms with E-state index in [9.17, 15) is 14.9 Å². The monoisotopic (exact) mass is 444 g/mol. The topological polar surface area (TPSA) is 122 Å². The number of hydrogen-bond acceptors (Lipinski definition) is 6. The third-order valence-corrected chi connectivity index (χ3v) is 5.51. The van der Waals surface area contributed by atoms with Gasteiger partial charge in [-0.15, -0.1) is 0 Å². The summed E-state index contributed by atoms with van der Waals surface area (Å²) in [6, 6.07) is 17.3. The van der Waals surface area contributed by atoms with Crippen molar-refractivity contribution in [2.75, 3.05) is 30.9 Å². The number of ether oxygens (including phenoxy) is 1. The van der Waals surface area contributed by atoms with Crippen molar-refractivity contribution in [3.8, 4) is 6.07 Å². The molecule has 0 saturated carbocycles. The highest BCUT2D eigenvalue weighted by atomic mass is 16.5. The van der Waals surface area contributed by atoms with Crippen LogP contribution >= 0.6 is 0 Å². The Morgan fingerprint density at radius 2 is 1.91 bits per heavy atom. The first-order chi connectivity index (χ1) is 16.0. The number of pyridine rings is 1. The molecule has 33 heavy (non-hydrogen) atoms. The summed E-state index contributed by atoms with van der Waals surface area (Å²) in [5.41, 5.74) is 8.30. The zero-order valence-corrected chi connectivity index (χ0v) is 18.2. The van der Waals surface area contributed by atoms with Gasteiger partial charge in [0.05, 0.1) is 24.2 Å². The number of rotatable bonds is 8. The summed E-state index contributed by atoms with van der Waals surface area (Å²) < 4.78 is 8.45. The number of H-pyrrole nitrogens is 1. The van der Waals surface area contributed by atoms with Crippen LogP contribution in [0.25, 0.3) is 5.52 Å². The minimum atomic E-state index is -0.583. The third kappa shape index (κ3) is 4.37. The second kappa shape index (κ2) is 9.46. The van der Waals surface area contributed by atoms with Crippen LogP contribution in [0.2, 0.25) is 0 Å². The molecular weight excluding hydrogens is 420 g/mol. The smallest absolute Gasteiger partial charge is 0.330 e. The molecule has 4 aromatic rings. The first-order valence-electron chi connectivity index (χ1n) is 10.4. The number of benzene rings is 1. The SMILES string of the molecule is COCCN(Cc1cn2ccccc2c1C#N)c1c(N)n(Cc2ccccc2)c(=O)[nH]c1=O. The Balaban J connectivity index is 1.79. The molecule has 0 aliphatic heterocycles. The van der Waals surface area contributed by atoms with Crippen LogP contribution in [-0.2, 0) is 17.8 Å². The maximum atomic E-state index is 12.9. The minimum absolute atomic E-state index is 0.0611. The predicted octanol–water partition coefficient (Wildman–Crippen LogP) is 1.94. The molecule has 9 heteroatoms. The highest BCUT2D eigenvalue weighted by molar-refractivity contribution is 5.67. The van der Waals surface area contributed by atoms with Gasteiger partial charge < -0.3 is 19.8 Å². The van der Waals surface area contributed by atoms with E-state index >= 15 is 0 Å². The number of nitrogen functional groups attached to an aromatic ring is 1. The van der Waals surface area contributed by atoms with E-state index in [1.54, 1.807) is 12.0 Å². The summed E-state index contributed by atoms with van der Waals surface area (Å²) >= 11 is 0. The molecule has 3 heterocycles. The van der Waals surface area contributed by atoms with Gasteiger partial charge in [0.2, 0.25) is 0 Å². The first kappa shape index (κ1) is 21.9. The van der Waals surface area contributed by atoms with Crippen molar-refractivity contribution in [1.29, 1.82) is 5.26 Å². The van der Waals surface area contributed by atoms with Crippen LogP contribution in [0.1, 0.15) is 16.7 Å². The van der Waals surface area contributed by atoms with Gasteiger partial charge in [-0.1, -0.05) is 36.4 Å². The van der Waals surface area contributed by atoms with Crippen molar-refractivity contribution >= 4 is 17.0 Å². The van der Waals surface area contributed by atoms with E-state index in [0.717, 1.165) is 16.6 Å². The fourth-order valence-corrected chi connectivity index (χ4v) is 3.91. The fraction of sp³-hybridized carbons (Fsp3) is 0.208. The molecule has 0 spiro atoms. The van der Waals surface area contributed by atoms with E-state index in [1.165, 1.54) is 4.57 Å². The molecule has 168 valence electrons. The molecule has 1 aromatic carbocycles. The second-order valence-electron chi connectivity index (χ2n) is 7.61. The molecule has 0 aliphatic carbocycles. The summed E-state index contributed by atoms with van der Waals surface area (Å²) in [7, 11) is 1.56. The summed E-state index contributed by atoms with van der Waals surface area (Å²) in [4.78, 5) is 29.6. The molecule has 0 aliphatic rings. The largest absolute Gasteiger partial charge is 0.383 e. The Bertz CT molecular complexity index is 1430. The number of anilines is 2. The lowest BCUT2D eigenvalue weighted by atomic mass is 10.1. The third-order valence-electron chi connectivity index (χ3n) is 5.51. The lowest BCUT2D eigenvalue weighted by Crippen LogP contribution is -2.39. The van der Waals surface area contributed by atoms with Gasteiger partial charge in [-0.05, 0) is 17.7 Å². The summed E-state index contributed by atoms with van der Waals surface area (Å²) in [5.74, 6) is 0.0611. The van der Waals surface area contributed by atoms with Gasteiger partial charge >= 0.3 is 5.69 Å². The highest BCUT2D eigenvalue weighted by Crippen LogP contribution is 2.24. The molecule has 0 bridgehead atoms. The van der Waals surface area contributed by atoms with Crippen molar-refractivity contribution in [1.82, 2.24) is 14.0 Å². The summed E-state index contributed by atoms with van der Waals surface area (Å²) in [6.07, 6.45) is 3.72. The Morgan fingerprint density at radius 3 is 2.64 bits per heavy atom. The van der Waals surface area contributed by atoms with Crippen molar-refractivity contribution in [2.45, 2.75) is 13.1 Å². The molecular formula is C24H24N6O3. The van der Waals surface area contributed by atoms with Crippen LogP contribution < -0.4 is 21.9 Å². The number of aromatic amines is 1. The van der Waals surface area contributed by atoms with Crippen molar-refractivity contribution in [2.24, 2.45) is 0 Å². The molecule has 0 saturated heterocycles. The molecule has 9 nitrogen and oxygen atoms in total. The van der Waals surface area contributed by atoms with Gasteiger partial charge in [0.25, 0.3) is 5.56 Å². The van der Waals surface area contributed by atoms with Crippen LogP contribution in [0.4, 0.5) is 11.5 Å². The molecule has 0 unspecified atom stereocenters. The molecule has 0 amide bonds. The molecule has 0 atom stereocenters. The standard InChI is InChI=1S/C24H24N6O3/c1-33-12-11-29(16-18-15-28-10-6-5-9-20(28)19(18)13-25)21-22(26)30(24(32)27-23(21)31)14-17-7-3-2-4-8-17/h2-10,15H,11-12,14,16,26H2,1H3,(H,27,31,32). The average Bonchev–Trinajstić information content (AvgIpc) is 3.17. The quantitative estimate of drug-likeness (QED) is 0.428. The summed E-state index contributed by atoms with van der Waals surface area (Å²) in [5, 5.41) is 9.77. The number of aromatic nitrogens is 3. The van der Waals surface area contributed by atoms with Gasteiger partial charge in [-0.3, -0.25) is 14.3 Å². The van der Waals surface area contributed by atoms with Crippen LogP contribution in [0.15, 0.2) is 70.5 Å². The number of nitriles is 1. The number of nitrogens with zero attached hydrogens (tertiary/aromatic N) is 4. The van der Waals surface area contributed by atoms with Crippen molar-refractivity contribution in [3.63, 3.8) is 0 Å². The number of hydrogen-bond donors (Lipinski definition) is 2. The highest BCUT2D eigenvalue weighted by Gasteiger charge is 2.21. The summed E-state index contributed by atoms with van der Waals surface area (Å²) in [6.45, 7) is 1.12. The van der Waals surface area contributed by atoms with E-state index in [4.69, 9.17) is 10.5 Å². The van der Waals surface area contributed by atoms with Crippen molar-refractivity contribution < 1.29 is 4.74 Å². The van der Waals surface area contributed by atoms with E-state index in [0.29, 0.717) is 18.7 Å². The van der Waals surface area contributed by atoms with Gasteiger partial charge in [0.1, 0.15) is 17.6 Å². The lowest BCUT2D eigenvalue weighted by Gasteiger charge is -2.26. The molecule has 0 fully saturated rings. The molecule has 3 aromatic heterocycles. The zero-order valence-electron chi connectivity index (χ0n) is 18.2. The number of fused-ring (bicyclic) bond motifs is 1. The zero-order chi connectivity index (χ0) is 23.4. The van der Waals surface area contributed by atoms with Crippen LogP contribution in [0.3, 0.4) is 0 Å². The second-order valence-corrected chi connectivity index (χ2v) is 7.61. The predicted molar refractivity (Wildman–Crippen MR) is 126 cm³/mol. The Hall–Kier alpha value is -4.29. The fourth-order valence-electron chi connectivity index (χ4n) is 3.91. The van der Waals surface area contributed by atoms with E-state index in [1.807, 2.05) is 65.3 Å². The van der Waals surface area contributed by atoms with Crippen LogP contribution in [-0.4, -0.2) is 34.2 Å². The Kier molecular flexibility index (Phi) is 6.29.